The van der Waals surface area contributed by atoms with Crippen molar-refractivity contribution < 1.29 is 4.74 Å². The first-order chi connectivity index (χ1) is 13.1. The van der Waals surface area contributed by atoms with E-state index in [1.165, 1.54) is 0 Å². The van der Waals surface area contributed by atoms with Gasteiger partial charge in [0.2, 0.25) is 11.8 Å². The lowest BCUT2D eigenvalue weighted by molar-refractivity contribution is 0.436. The number of nitrogen functional groups attached to an aromatic ring is 1. The smallest absolute Gasteiger partial charge is 0.260 e. The van der Waals surface area contributed by atoms with Crippen molar-refractivity contribution >= 4 is 28.3 Å². The summed E-state index contributed by atoms with van der Waals surface area (Å²) in [7, 11) is 0. The van der Waals surface area contributed by atoms with Gasteiger partial charge < -0.3 is 10.5 Å². The molecule has 2 heterocycles. The Labute approximate surface area is 159 Å². The van der Waals surface area contributed by atoms with E-state index in [1.54, 1.807) is 0 Å². The molecule has 3 N–H and O–H groups in total. The lowest BCUT2D eigenvalue weighted by atomic mass is 9.83. The third-order valence-corrected chi connectivity index (χ3v) is 5.10. The molecule has 132 valence electrons. The van der Waals surface area contributed by atoms with Gasteiger partial charge in [0.05, 0.1) is 5.56 Å². The maximum absolute atomic E-state index is 12.7. The number of hydrogen-bond donors (Lipinski definition) is 2. The van der Waals surface area contributed by atoms with Crippen LogP contribution in [0.5, 0.6) is 11.6 Å². The van der Waals surface area contributed by atoms with Crippen LogP contribution in [0.4, 0.5) is 5.95 Å². The van der Waals surface area contributed by atoms with E-state index in [4.69, 9.17) is 22.1 Å². The molecule has 3 aromatic carbocycles. The van der Waals surface area contributed by atoms with E-state index in [-0.39, 0.29) is 23.3 Å². The number of rotatable bonds is 1. The van der Waals surface area contributed by atoms with Gasteiger partial charge >= 0.3 is 0 Å². The van der Waals surface area contributed by atoms with Crippen LogP contribution in [0.2, 0.25) is 5.02 Å². The predicted octanol–water partition coefficient (Wildman–Crippen LogP) is 4.44. The minimum Gasteiger partial charge on any atom is -0.437 e. The fourth-order valence-electron chi connectivity index (χ4n) is 3.67. The lowest BCUT2D eigenvalue weighted by Crippen LogP contribution is -2.25. The number of nitrogens with two attached hydrogens (primary N) is 1. The maximum atomic E-state index is 12.7. The Morgan fingerprint density at radius 3 is 2.63 bits per heavy atom. The first kappa shape index (κ1) is 15.9. The maximum Gasteiger partial charge on any atom is 0.260 e. The largest absolute Gasteiger partial charge is 0.437 e. The van der Waals surface area contributed by atoms with Crippen molar-refractivity contribution in [3.05, 3.63) is 92.7 Å². The van der Waals surface area contributed by atoms with Crippen LogP contribution in [0.25, 0.3) is 10.8 Å². The molecule has 0 amide bonds. The molecular formula is C21H14ClN3O2. The zero-order valence-electron chi connectivity index (χ0n) is 14.1. The van der Waals surface area contributed by atoms with Crippen molar-refractivity contribution in [1.82, 2.24) is 9.97 Å². The molecule has 1 aromatic heterocycles. The number of fused-ring (bicyclic) bond motifs is 4. The molecule has 6 heteroatoms. The highest BCUT2D eigenvalue weighted by Crippen LogP contribution is 2.48. The van der Waals surface area contributed by atoms with Crippen LogP contribution in [-0.2, 0) is 0 Å². The Morgan fingerprint density at radius 2 is 1.81 bits per heavy atom. The van der Waals surface area contributed by atoms with E-state index < -0.39 is 0 Å². The highest BCUT2D eigenvalue weighted by Gasteiger charge is 2.33. The molecule has 5 rings (SSSR count). The molecular weight excluding hydrogens is 362 g/mol. The molecule has 0 bridgehead atoms. The molecule has 0 aliphatic carbocycles. The molecule has 0 radical (unpaired) electrons. The number of nitrogens with one attached hydrogen (secondary N) is 1. The van der Waals surface area contributed by atoms with Crippen LogP contribution in [0.15, 0.2) is 65.5 Å². The third-order valence-electron chi connectivity index (χ3n) is 4.85. The molecule has 1 aliphatic rings. The average Bonchev–Trinajstić information content (AvgIpc) is 2.67. The summed E-state index contributed by atoms with van der Waals surface area (Å²) in [4.78, 5) is 19.6. The summed E-state index contributed by atoms with van der Waals surface area (Å²) in [6.45, 7) is 0. The van der Waals surface area contributed by atoms with Crippen LogP contribution >= 0.6 is 11.6 Å². The second kappa shape index (κ2) is 5.86. The van der Waals surface area contributed by atoms with Crippen molar-refractivity contribution in [2.45, 2.75) is 5.92 Å². The summed E-state index contributed by atoms with van der Waals surface area (Å²) in [5, 5.41) is 2.64. The van der Waals surface area contributed by atoms with Gasteiger partial charge in [-0.1, -0.05) is 60.1 Å². The van der Waals surface area contributed by atoms with Gasteiger partial charge in [-0.25, -0.2) is 0 Å². The van der Waals surface area contributed by atoms with Gasteiger partial charge in [0.1, 0.15) is 5.75 Å². The number of ether oxygens (including phenoxy) is 1. The summed E-state index contributed by atoms with van der Waals surface area (Å²) in [6, 6.07) is 19.4. The summed E-state index contributed by atoms with van der Waals surface area (Å²) in [5.74, 6) is 0.623. The second-order valence-corrected chi connectivity index (χ2v) is 6.90. The number of H-pyrrole nitrogens is 1. The number of nitrogens with zero attached hydrogens (tertiary/aromatic N) is 1. The van der Waals surface area contributed by atoms with E-state index in [0.717, 1.165) is 21.9 Å². The Bertz CT molecular complexity index is 1250. The van der Waals surface area contributed by atoms with Crippen molar-refractivity contribution in [2.75, 3.05) is 5.73 Å². The molecule has 4 aromatic rings. The molecule has 0 fully saturated rings. The van der Waals surface area contributed by atoms with Gasteiger partial charge in [0, 0.05) is 21.9 Å². The van der Waals surface area contributed by atoms with Gasteiger partial charge in [-0.15, -0.1) is 0 Å². The zero-order chi connectivity index (χ0) is 18.5. The van der Waals surface area contributed by atoms with Crippen LogP contribution in [0.1, 0.15) is 22.6 Å². The standard InChI is InChI=1S/C21H14ClN3O2/c22-13-8-5-12(6-9-13)16-15-10-7-11-3-1-2-4-14(11)18(15)27-20-17(16)19(26)24-21(23)25-20/h1-10,16H,(H3,23,24,25,26). The monoisotopic (exact) mass is 375 g/mol. The SMILES string of the molecule is Nc1nc2c(c(=O)[nH]1)C(c1ccc(Cl)cc1)c1ccc3ccccc3c1O2. The molecule has 5 nitrogen and oxygen atoms in total. The minimum atomic E-state index is -0.331. The molecule has 0 saturated heterocycles. The predicted molar refractivity (Wildman–Crippen MR) is 106 cm³/mol. The normalized spacial score (nSPS) is 15.1. The van der Waals surface area contributed by atoms with E-state index in [1.807, 2.05) is 60.7 Å². The first-order valence-electron chi connectivity index (χ1n) is 8.46. The van der Waals surface area contributed by atoms with Gasteiger partial charge in [0.25, 0.3) is 5.56 Å². The molecule has 27 heavy (non-hydrogen) atoms. The Morgan fingerprint density at radius 1 is 1.04 bits per heavy atom. The molecule has 0 saturated carbocycles. The fraction of sp³-hybridized carbons (Fsp3) is 0.0476. The minimum absolute atomic E-state index is 0.0253. The molecule has 0 spiro atoms. The second-order valence-electron chi connectivity index (χ2n) is 6.46. The third kappa shape index (κ3) is 2.47. The number of aromatic amines is 1. The lowest BCUT2D eigenvalue weighted by Gasteiger charge is -2.28. The number of hydrogen-bond acceptors (Lipinski definition) is 4. The summed E-state index contributed by atoms with van der Waals surface area (Å²) in [5.41, 5.74) is 7.72. The zero-order valence-corrected chi connectivity index (χ0v) is 14.8. The van der Waals surface area contributed by atoms with Crippen LogP contribution in [-0.4, -0.2) is 9.97 Å². The molecule has 1 aliphatic heterocycles. The number of benzene rings is 3. The fourth-order valence-corrected chi connectivity index (χ4v) is 3.79. The summed E-state index contributed by atoms with van der Waals surface area (Å²) >= 11 is 6.06. The van der Waals surface area contributed by atoms with Crippen molar-refractivity contribution in [1.29, 1.82) is 0 Å². The van der Waals surface area contributed by atoms with Crippen molar-refractivity contribution in [2.24, 2.45) is 0 Å². The highest BCUT2D eigenvalue weighted by atomic mass is 35.5. The van der Waals surface area contributed by atoms with Crippen LogP contribution in [0, 0.1) is 0 Å². The Kier molecular flexibility index (Phi) is 3.45. The highest BCUT2D eigenvalue weighted by molar-refractivity contribution is 6.30. The topological polar surface area (TPSA) is 81.0 Å². The van der Waals surface area contributed by atoms with Crippen LogP contribution < -0.4 is 16.0 Å². The molecule has 1 atom stereocenters. The Hall–Kier alpha value is -3.31. The molecule has 1 unspecified atom stereocenters. The summed E-state index contributed by atoms with van der Waals surface area (Å²) < 4.78 is 6.09. The van der Waals surface area contributed by atoms with Crippen molar-refractivity contribution in [3.63, 3.8) is 0 Å². The van der Waals surface area contributed by atoms with E-state index in [0.29, 0.717) is 16.3 Å². The van der Waals surface area contributed by atoms with Crippen LogP contribution in [0.3, 0.4) is 0 Å². The van der Waals surface area contributed by atoms with Gasteiger partial charge in [-0.2, -0.15) is 4.98 Å². The van der Waals surface area contributed by atoms with Gasteiger partial charge in [0.15, 0.2) is 0 Å². The van der Waals surface area contributed by atoms with Gasteiger partial charge in [-0.3, -0.25) is 9.78 Å². The van der Waals surface area contributed by atoms with E-state index in [9.17, 15) is 4.79 Å². The Balaban J connectivity index is 1.86. The number of anilines is 1. The number of aromatic nitrogens is 2. The summed E-state index contributed by atoms with van der Waals surface area (Å²) in [6.07, 6.45) is 0. The first-order valence-corrected chi connectivity index (χ1v) is 8.84. The average molecular weight is 376 g/mol. The van der Waals surface area contributed by atoms with E-state index in [2.05, 4.69) is 9.97 Å². The van der Waals surface area contributed by atoms with Gasteiger partial charge in [-0.05, 0) is 23.1 Å². The van der Waals surface area contributed by atoms with E-state index >= 15 is 0 Å². The van der Waals surface area contributed by atoms with Crippen molar-refractivity contribution in [3.8, 4) is 11.6 Å². The number of halogens is 1. The quantitative estimate of drug-likeness (QED) is 0.453.